The summed E-state index contributed by atoms with van der Waals surface area (Å²) in [6, 6.07) is -0.0465. The largest absolute Gasteiger partial charge is 0.444 e. The molecule has 0 aromatic carbocycles. The fraction of sp³-hybridized carbons (Fsp3) is 0.786. The van der Waals surface area contributed by atoms with Gasteiger partial charge in [0.2, 0.25) is 0 Å². The summed E-state index contributed by atoms with van der Waals surface area (Å²) in [5, 5.41) is 0. The second-order valence-electron chi connectivity index (χ2n) is 6.01. The molecule has 18 heavy (non-hydrogen) atoms. The van der Waals surface area contributed by atoms with Gasteiger partial charge >= 0.3 is 6.09 Å². The van der Waals surface area contributed by atoms with Crippen molar-refractivity contribution in [1.29, 1.82) is 0 Å². The van der Waals surface area contributed by atoms with Crippen LogP contribution in [0.5, 0.6) is 0 Å². The van der Waals surface area contributed by atoms with Gasteiger partial charge in [-0.05, 0) is 41.0 Å². The first-order valence-corrected chi connectivity index (χ1v) is 6.50. The Balaban J connectivity index is 2.85. The average molecular weight is 255 g/mol. The molecule has 0 saturated carbocycles. The summed E-state index contributed by atoms with van der Waals surface area (Å²) in [5.41, 5.74) is -1.11. The van der Waals surface area contributed by atoms with Crippen LogP contribution in [0.4, 0.5) is 4.79 Å². The van der Waals surface area contributed by atoms with Crippen molar-refractivity contribution in [1.82, 2.24) is 4.90 Å². The monoisotopic (exact) mass is 255 g/mol. The molecule has 1 amide bonds. The summed E-state index contributed by atoms with van der Waals surface area (Å²) < 4.78 is 11.1. The van der Waals surface area contributed by atoms with Crippen molar-refractivity contribution in [2.75, 3.05) is 6.61 Å². The van der Waals surface area contributed by atoms with E-state index in [1.165, 1.54) is 0 Å². The lowest BCUT2D eigenvalue weighted by molar-refractivity contribution is -0.0610. The second kappa shape index (κ2) is 5.31. The summed E-state index contributed by atoms with van der Waals surface area (Å²) in [6.45, 7) is 12.0. The molecule has 1 atom stereocenters. The highest BCUT2D eigenvalue weighted by Gasteiger charge is 2.44. The predicted octanol–water partition coefficient (Wildman–Crippen LogP) is 3.32. The minimum Gasteiger partial charge on any atom is -0.444 e. The lowest BCUT2D eigenvalue weighted by Crippen LogP contribution is -2.49. The summed E-state index contributed by atoms with van der Waals surface area (Å²) in [5.74, 6) is 0. The molecule has 0 aromatic heterocycles. The first-order valence-electron chi connectivity index (χ1n) is 6.50. The Morgan fingerprint density at radius 3 is 2.61 bits per heavy atom. The molecule has 1 aliphatic heterocycles. The van der Waals surface area contributed by atoms with Gasteiger partial charge in [0.1, 0.15) is 11.3 Å². The number of allylic oxidation sites excluding steroid dienone is 1. The second-order valence-corrected chi connectivity index (χ2v) is 6.01. The predicted molar refractivity (Wildman–Crippen MR) is 71.3 cm³/mol. The molecule has 1 fully saturated rings. The normalized spacial score (nSPS) is 23.7. The van der Waals surface area contributed by atoms with E-state index in [0.29, 0.717) is 6.61 Å². The molecular weight excluding hydrogens is 230 g/mol. The third-order valence-corrected chi connectivity index (χ3v) is 2.70. The maximum Gasteiger partial charge on any atom is 0.413 e. The summed E-state index contributed by atoms with van der Waals surface area (Å²) in [6.07, 6.45) is 4.68. The minimum atomic E-state index is -0.620. The van der Waals surface area contributed by atoms with E-state index in [1.807, 2.05) is 46.8 Å². The van der Waals surface area contributed by atoms with Gasteiger partial charge in [0.15, 0.2) is 0 Å². The Hall–Kier alpha value is -1.03. The van der Waals surface area contributed by atoms with Gasteiger partial charge in [-0.15, -0.1) is 0 Å². The van der Waals surface area contributed by atoms with E-state index >= 15 is 0 Å². The zero-order valence-corrected chi connectivity index (χ0v) is 12.3. The molecule has 0 radical (unpaired) electrons. The quantitative estimate of drug-likeness (QED) is 0.710. The first kappa shape index (κ1) is 15.0. The Kier molecular flexibility index (Phi) is 4.43. The van der Waals surface area contributed by atoms with Crippen molar-refractivity contribution in [3.8, 4) is 0 Å². The standard InChI is InChI=1S/C14H25NO3/c1-7-8-9-11-10-17-14(5,6)15(11)12(16)18-13(2,3)4/h8-9,11H,7,10H2,1-6H3/b9-8-/t11-/m0/s1. The summed E-state index contributed by atoms with van der Waals surface area (Å²) >= 11 is 0. The molecule has 4 nitrogen and oxygen atoms in total. The van der Waals surface area contributed by atoms with Crippen molar-refractivity contribution < 1.29 is 14.3 Å². The number of carbonyl (C=O) groups is 1. The SMILES string of the molecule is CC/C=C\[C@H]1COC(C)(C)N1C(=O)OC(C)(C)C. The fourth-order valence-electron chi connectivity index (χ4n) is 1.93. The molecule has 0 N–H and O–H groups in total. The zero-order valence-electron chi connectivity index (χ0n) is 12.3. The highest BCUT2D eigenvalue weighted by Crippen LogP contribution is 2.29. The van der Waals surface area contributed by atoms with Crippen LogP contribution in [-0.2, 0) is 9.47 Å². The Bertz CT molecular complexity index is 328. The smallest absolute Gasteiger partial charge is 0.413 e. The Morgan fingerprint density at radius 1 is 1.50 bits per heavy atom. The van der Waals surface area contributed by atoms with Crippen LogP contribution in [0.25, 0.3) is 0 Å². The van der Waals surface area contributed by atoms with E-state index in [0.717, 1.165) is 6.42 Å². The molecule has 1 heterocycles. The van der Waals surface area contributed by atoms with Crippen LogP contribution < -0.4 is 0 Å². The van der Waals surface area contributed by atoms with Gasteiger partial charge in [-0.2, -0.15) is 0 Å². The van der Waals surface area contributed by atoms with E-state index in [1.54, 1.807) is 4.90 Å². The van der Waals surface area contributed by atoms with Crippen molar-refractivity contribution in [2.45, 2.75) is 65.3 Å². The number of hydrogen-bond donors (Lipinski definition) is 0. The van der Waals surface area contributed by atoms with Crippen LogP contribution in [0.1, 0.15) is 48.0 Å². The van der Waals surface area contributed by atoms with Crippen LogP contribution in [0.15, 0.2) is 12.2 Å². The summed E-state index contributed by atoms with van der Waals surface area (Å²) in [7, 11) is 0. The van der Waals surface area contributed by atoms with Gasteiger partial charge in [0, 0.05) is 0 Å². The number of hydrogen-bond acceptors (Lipinski definition) is 3. The van der Waals surface area contributed by atoms with Gasteiger partial charge in [-0.25, -0.2) is 4.79 Å². The number of amides is 1. The van der Waals surface area contributed by atoms with Crippen LogP contribution in [0, 0.1) is 0 Å². The molecule has 4 heteroatoms. The molecule has 1 aliphatic rings. The number of carbonyl (C=O) groups excluding carboxylic acids is 1. The zero-order chi connectivity index (χ0) is 14.0. The van der Waals surface area contributed by atoms with Gasteiger partial charge in [0.05, 0.1) is 12.6 Å². The maximum absolute atomic E-state index is 12.2. The fourth-order valence-corrected chi connectivity index (χ4v) is 1.93. The minimum absolute atomic E-state index is 0.0465. The third-order valence-electron chi connectivity index (χ3n) is 2.70. The van der Waals surface area contributed by atoms with Crippen LogP contribution in [0.2, 0.25) is 0 Å². The topological polar surface area (TPSA) is 38.8 Å². The number of nitrogens with zero attached hydrogens (tertiary/aromatic N) is 1. The average Bonchev–Trinajstić information content (AvgIpc) is 2.48. The van der Waals surface area contributed by atoms with E-state index in [2.05, 4.69) is 6.92 Å². The maximum atomic E-state index is 12.2. The van der Waals surface area contributed by atoms with Gasteiger partial charge in [0.25, 0.3) is 0 Å². The van der Waals surface area contributed by atoms with Gasteiger partial charge < -0.3 is 9.47 Å². The highest BCUT2D eigenvalue weighted by atomic mass is 16.6. The molecule has 0 unspecified atom stereocenters. The molecule has 0 aromatic rings. The van der Waals surface area contributed by atoms with E-state index in [4.69, 9.17) is 9.47 Å². The molecular formula is C14H25NO3. The van der Waals surface area contributed by atoms with Crippen molar-refractivity contribution in [3.05, 3.63) is 12.2 Å². The van der Waals surface area contributed by atoms with Crippen molar-refractivity contribution in [3.63, 3.8) is 0 Å². The van der Waals surface area contributed by atoms with E-state index in [9.17, 15) is 4.79 Å². The Morgan fingerprint density at radius 2 is 2.11 bits per heavy atom. The molecule has 0 aliphatic carbocycles. The van der Waals surface area contributed by atoms with Crippen molar-refractivity contribution in [2.24, 2.45) is 0 Å². The third kappa shape index (κ3) is 3.73. The molecule has 1 rings (SSSR count). The van der Waals surface area contributed by atoms with Crippen LogP contribution >= 0.6 is 0 Å². The lowest BCUT2D eigenvalue weighted by Gasteiger charge is -2.34. The van der Waals surface area contributed by atoms with E-state index < -0.39 is 11.3 Å². The number of rotatable bonds is 2. The van der Waals surface area contributed by atoms with Crippen molar-refractivity contribution >= 4 is 6.09 Å². The summed E-state index contributed by atoms with van der Waals surface area (Å²) in [4.78, 5) is 13.9. The van der Waals surface area contributed by atoms with E-state index in [-0.39, 0.29) is 12.1 Å². The molecule has 0 spiro atoms. The number of ether oxygens (including phenoxy) is 2. The van der Waals surface area contributed by atoms with Crippen LogP contribution in [-0.4, -0.2) is 35.0 Å². The van der Waals surface area contributed by atoms with Gasteiger partial charge in [-0.3, -0.25) is 4.90 Å². The molecule has 0 bridgehead atoms. The highest BCUT2D eigenvalue weighted by molar-refractivity contribution is 5.70. The Labute approximate surface area is 110 Å². The molecule has 104 valence electrons. The lowest BCUT2D eigenvalue weighted by atomic mass is 10.2. The molecule has 1 saturated heterocycles. The van der Waals surface area contributed by atoms with Gasteiger partial charge in [-0.1, -0.05) is 19.1 Å². The first-order chi connectivity index (χ1) is 8.17. The van der Waals surface area contributed by atoms with Crippen LogP contribution in [0.3, 0.4) is 0 Å².